The lowest BCUT2D eigenvalue weighted by molar-refractivity contribution is -0.544. The van der Waals surface area contributed by atoms with E-state index in [1.54, 1.807) is 0 Å². The Bertz CT molecular complexity index is 151. The molecular weight excluding hydrogens is 148 g/mol. The first-order valence-corrected chi connectivity index (χ1v) is 3.65. The first kappa shape index (κ1) is 8.42. The standard InChI is InChI=1S/C6H12N2O3/c1-11-5-3-2-4-7-6(5)8(9)10/h5-7H,2-4H2,1H3. The number of methoxy groups -OCH3 is 1. The molecule has 5 nitrogen and oxygen atoms in total. The number of hydrogen-bond donors (Lipinski definition) is 1. The van der Waals surface area contributed by atoms with Crippen molar-refractivity contribution in [1.29, 1.82) is 0 Å². The van der Waals surface area contributed by atoms with Crippen LogP contribution in [0.4, 0.5) is 0 Å². The van der Waals surface area contributed by atoms with E-state index >= 15 is 0 Å². The van der Waals surface area contributed by atoms with Crippen LogP contribution >= 0.6 is 0 Å². The zero-order valence-corrected chi connectivity index (χ0v) is 6.45. The lowest BCUT2D eigenvalue weighted by atomic mass is 10.1. The zero-order valence-electron chi connectivity index (χ0n) is 6.45. The van der Waals surface area contributed by atoms with Crippen LogP contribution in [0, 0.1) is 10.1 Å². The van der Waals surface area contributed by atoms with Crippen LogP contribution in [0.1, 0.15) is 12.8 Å². The summed E-state index contributed by atoms with van der Waals surface area (Å²) in [6.45, 7) is 0.714. The molecule has 0 aromatic rings. The third-order valence-corrected chi connectivity index (χ3v) is 1.90. The van der Waals surface area contributed by atoms with Crippen LogP contribution in [0.25, 0.3) is 0 Å². The quantitative estimate of drug-likeness (QED) is 0.455. The van der Waals surface area contributed by atoms with Crippen LogP contribution in [-0.2, 0) is 4.74 Å². The van der Waals surface area contributed by atoms with Crippen LogP contribution < -0.4 is 5.32 Å². The van der Waals surface area contributed by atoms with E-state index in [2.05, 4.69) is 5.32 Å². The number of nitrogens with one attached hydrogen (secondary N) is 1. The topological polar surface area (TPSA) is 64.4 Å². The van der Waals surface area contributed by atoms with E-state index < -0.39 is 6.17 Å². The van der Waals surface area contributed by atoms with Crippen LogP contribution in [0.3, 0.4) is 0 Å². The maximum atomic E-state index is 10.4. The SMILES string of the molecule is COC1CCCNC1[N+](=O)[O-]. The first-order valence-electron chi connectivity index (χ1n) is 3.65. The Hall–Kier alpha value is -0.680. The van der Waals surface area contributed by atoms with E-state index in [0.29, 0.717) is 6.54 Å². The van der Waals surface area contributed by atoms with E-state index in [4.69, 9.17) is 4.74 Å². The highest BCUT2D eigenvalue weighted by Crippen LogP contribution is 2.11. The molecule has 0 bridgehead atoms. The average Bonchev–Trinajstić information content (AvgIpc) is 2.04. The summed E-state index contributed by atoms with van der Waals surface area (Å²) in [4.78, 5) is 10.1. The number of nitrogens with zero attached hydrogens (tertiary/aromatic N) is 1. The molecule has 5 heteroatoms. The molecule has 0 radical (unpaired) electrons. The van der Waals surface area contributed by atoms with Gasteiger partial charge in [0.1, 0.15) is 6.10 Å². The molecule has 0 amide bonds. The van der Waals surface area contributed by atoms with Crippen molar-refractivity contribution in [2.45, 2.75) is 25.1 Å². The summed E-state index contributed by atoms with van der Waals surface area (Å²) in [6.07, 6.45) is 0.741. The number of rotatable bonds is 2. The second kappa shape index (κ2) is 3.64. The molecule has 64 valence electrons. The van der Waals surface area contributed by atoms with Gasteiger partial charge in [-0.2, -0.15) is 0 Å². The summed E-state index contributed by atoms with van der Waals surface area (Å²) in [5.41, 5.74) is 0. The lowest BCUT2D eigenvalue weighted by Crippen LogP contribution is -2.50. The molecule has 1 aliphatic heterocycles. The molecule has 0 aromatic heterocycles. The van der Waals surface area contributed by atoms with Gasteiger partial charge in [-0.15, -0.1) is 0 Å². The summed E-state index contributed by atoms with van der Waals surface area (Å²) >= 11 is 0. The van der Waals surface area contributed by atoms with Crippen molar-refractivity contribution in [3.8, 4) is 0 Å². The summed E-state index contributed by atoms with van der Waals surface area (Å²) < 4.78 is 4.96. The van der Waals surface area contributed by atoms with Gasteiger partial charge in [-0.05, 0) is 12.8 Å². The molecule has 1 saturated heterocycles. The van der Waals surface area contributed by atoms with Gasteiger partial charge < -0.3 is 4.74 Å². The lowest BCUT2D eigenvalue weighted by Gasteiger charge is -2.24. The van der Waals surface area contributed by atoms with Gasteiger partial charge >= 0.3 is 0 Å². The van der Waals surface area contributed by atoms with Crippen LogP contribution in [0.15, 0.2) is 0 Å². The van der Waals surface area contributed by atoms with Gasteiger partial charge in [-0.1, -0.05) is 0 Å². The second-order valence-electron chi connectivity index (χ2n) is 2.60. The molecule has 11 heavy (non-hydrogen) atoms. The van der Waals surface area contributed by atoms with Gasteiger partial charge in [0.25, 0.3) is 6.17 Å². The predicted molar refractivity (Wildman–Crippen MR) is 38.8 cm³/mol. The van der Waals surface area contributed by atoms with Crippen molar-refractivity contribution < 1.29 is 9.66 Å². The fourth-order valence-corrected chi connectivity index (χ4v) is 1.30. The van der Waals surface area contributed by atoms with Crippen molar-refractivity contribution in [2.75, 3.05) is 13.7 Å². The van der Waals surface area contributed by atoms with Crippen molar-refractivity contribution in [3.63, 3.8) is 0 Å². The molecule has 1 aliphatic rings. The highest BCUT2D eigenvalue weighted by Gasteiger charge is 2.33. The predicted octanol–water partition coefficient (Wildman–Crippen LogP) is -0.0124. The van der Waals surface area contributed by atoms with Crippen LogP contribution in [0.2, 0.25) is 0 Å². The van der Waals surface area contributed by atoms with E-state index in [1.807, 2.05) is 0 Å². The largest absolute Gasteiger partial charge is 0.373 e. The fraction of sp³-hybridized carbons (Fsp3) is 1.00. The first-order chi connectivity index (χ1) is 5.25. The third-order valence-electron chi connectivity index (χ3n) is 1.90. The van der Waals surface area contributed by atoms with Gasteiger partial charge in [-0.3, -0.25) is 15.4 Å². The van der Waals surface area contributed by atoms with Crippen molar-refractivity contribution in [1.82, 2.24) is 5.32 Å². The Morgan fingerprint density at radius 2 is 2.45 bits per heavy atom. The summed E-state index contributed by atoms with van der Waals surface area (Å²) in [5, 5.41) is 13.2. The minimum absolute atomic E-state index is 0.265. The highest BCUT2D eigenvalue weighted by molar-refractivity contribution is 4.73. The summed E-state index contributed by atoms with van der Waals surface area (Å²) in [6, 6.07) is 0. The normalized spacial score (nSPS) is 31.7. The Morgan fingerprint density at radius 3 is 2.91 bits per heavy atom. The molecule has 1 fully saturated rings. The number of ether oxygens (including phenoxy) is 1. The molecule has 0 spiro atoms. The fourth-order valence-electron chi connectivity index (χ4n) is 1.30. The van der Waals surface area contributed by atoms with E-state index in [9.17, 15) is 10.1 Å². The third kappa shape index (κ3) is 1.87. The number of hydrogen-bond acceptors (Lipinski definition) is 4. The van der Waals surface area contributed by atoms with Gasteiger partial charge in [0.15, 0.2) is 0 Å². The second-order valence-corrected chi connectivity index (χ2v) is 2.60. The van der Waals surface area contributed by atoms with E-state index in [1.165, 1.54) is 7.11 Å². The van der Waals surface area contributed by atoms with E-state index in [0.717, 1.165) is 12.8 Å². The maximum Gasteiger partial charge on any atom is 0.291 e. The van der Waals surface area contributed by atoms with Gasteiger partial charge in [0.2, 0.25) is 0 Å². The number of piperidine rings is 1. The maximum absolute atomic E-state index is 10.4. The molecule has 0 aliphatic carbocycles. The van der Waals surface area contributed by atoms with Gasteiger partial charge in [0, 0.05) is 18.6 Å². The van der Waals surface area contributed by atoms with Crippen molar-refractivity contribution in [3.05, 3.63) is 10.1 Å². The summed E-state index contributed by atoms with van der Waals surface area (Å²) in [5.74, 6) is 0. The molecule has 0 saturated carbocycles. The Morgan fingerprint density at radius 1 is 1.73 bits per heavy atom. The molecule has 2 atom stereocenters. The highest BCUT2D eigenvalue weighted by atomic mass is 16.6. The van der Waals surface area contributed by atoms with Crippen LogP contribution in [-0.4, -0.2) is 30.8 Å². The molecule has 2 unspecified atom stereocenters. The summed E-state index contributed by atoms with van der Waals surface area (Å²) in [7, 11) is 1.51. The molecule has 1 N–H and O–H groups in total. The smallest absolute Gasteiger partial charge is 0.291 e. The Balaban J connectivity index is 2.51. The molecule has 1 rings (SSSR count). The van der Waals surface area contributed by atoms with Crippen LogP contribution in [0.5, 0.6) is 0 Å². The van der Waals surface area contributed by atoms with E-state index in [-0.39, 0.29) is 11.0 Å². The zero-order chi connectivity index (χ0) is 8.27. The average molecular weight is 160 g/mol. The number of nitro groups is 1. The minimum Gasteiger partial charge on any atom is -0.373 e. The molecule has 0 aromatic carbocycles. The van der Waals surface area contributed by atoms with Gasteiger partial charge in [0.05, 0.1) is 0 Å². The minimum atomic E-state index is -0.714. The van der Waals surface area contributed by atoms with Crippen molar-refractivity contribution >= 4 is 0 Å². The van der Waals surface area contributed by atoms with Crippen molar-refractivity contribution in [2.24, 2.45) is 0 Å². The molecular formula is C6H12N2O3. The monoisotopic (exact) mass is 160 g/mol. The molecule has 1 heterocycles. The Kier molecular flexibility index (Phi) is 2.78. The Labute approximate surface area is 64.9 Å². The van der Waals surface area contributed by atoms with Gasteiger partial charge in [-0.25, -0.2) is 0 Å².